The van der Waals surface area contributed by atoms with E-state index < -0.39 is 11.2 Å². The maximum atomic E-state index is 10.7. The molecule has 0 fully saturated rings. The highest BCUT2D eigenvalue weighted by Gasteiger charge is 2.30. The largest absolute Gasteiger partial charge is 0.390 e. The Labute approximate surface area is 117 Å². The van der Waals surface area contributed by atoms with E-state index in [9.17, 15) is 10.2 Å². The molecule has 0 spiro atoms. The maximum absolute atomic E-state index is 10.7. The Morgan fingerprint density at radius 1 is 0.842 bits per heavy atom. The molecule has 108 valence electrons. The minimum atomic E-state index is -0.779. The highest BCUT2D eigenvalue weighted by atomic mass is 16.3. The lowest BCUT2D eigenvalue weighted by Gasteiger charge is -2.32. The Morgan fingerprint density at radius 2 is 1.37 bits per heavy atom. The van der Waals surface area contributed by atoms with Crippen LogP contribution in [0.4, 0.5) is 0 Å². The van der Waals surface area contributed by atoms with Gasteiger partial charge < -0.3 is 10.2 Å². The van der Waals surface area contributed by atoms with Crippen molar-refractivity contribution < 1.29 is 10.2 Å². The van der Waals surface area contributed by atoms with E-state index in [1.807, 2.05) is 52.0 Å². The third-order valence-electron chi connectivity index (χ3n) is 4.52. The molecule has 1 aromatic rings. The summed E-state index contributed by atoms with van der Waals surface area (Å²) in [4.78, 5) is 0. The van der Waals surface area contributed by atoms with E-state index in [1.165, 1.54) is 0 Å². The van der Waals surface area contributed by atoms with Crippen molar-refractivity contribution in [2.75, 3.05) is 0 Å². The molecule has 0 unspecified atom stereocenters. The van der Waals surface area contributed by atoms with Crippen LogP contribution in [0.2, 0.25) is 0 Å². The minimum absolute atomic E-state index is 0.610. The van der Waals surface area contributed by atoms with Crippen LogP contribution in [0, 0.1) is 0 Å². The zero-order chi connectivity index (χ0) is 14.5. The molecule has 19 heavy (non-hydrogen) atoms. The van der Waals surface area contributed by atoms with Gasteiger partial charge in [0, 0.05) is 6.42 Å². The summed E-state index contributed by atoms with van der Waals surface area (Å²) in [6, 6.07) is 7.97. The van der Waals surface area contributed by atoms with Crippen LogP contribution in [0.1, 0.15) is 64.5 Å². The zero-order valence-electron chi connectivity index (χ0n) is 12.7. The summed E-state index contributed by atoms with van der Waals surface area (Å²) in [7, 11) is 0. The smallest absolute Gasteiger partial charge is 0.0894 e. The molecule has 2 nitrogen and oxygen atoms in total. The number of hydrogen-bond acceptors (Lipinski definition) is 2. The lowest BCUT2D eigenvalue weighted by atomic mass is 9.80. The third-order valence-corrected chi connectivity index (χ3v) is 4.52. The van der Waals surface area contributed by atoms with Crippen molar-refractivity contribution in [3.8, 4) is 0 Å². The zero-order valence-corrected chi connectivity index (χ0v) is 12.7. The van der Waals surface area contributed by atoms with Gasteiger partial charge in [0.1, 0.15) is 0 Å². The van der Waals surface area contributed by atoms with Gasteiger partial charge >= 0.3 is 0 Å². The standard InChI is InChI=1S/C17H28O2/c1-5-16(18,6-2)13-14-11-9-10-12-15(14)17(19,7-3)8-4/h9-12,18-19H,5-8,13H2,1-4H3. The summed E-state index contributed by atoms with van der Waals surface area (Å²) in [5.74, 6) is 0. The molecule has 2 heteroatoms. The number of aliphatic hydroxyl groups is 2. The molecule has 0 aromatic heterocycles. The first-order chi connectivity index (χ1) is 8.94. The molecule has 0 amide bonds. The molecule has 0 aliphatic heterocycles. The normalized spacial score (nSPS) is 12.7. The summed E-state index contributed by atoms with van der Waals surface area (Å²) in [5.41, 5.74) is 0.595. The number of benzene rings is 1. The van der Waals surface area contributed by atoms with Crippen LogP contribution in [0.5, 0.6) is 0 Å². The van der Waals surface area contributed by atoms with Crippen LogP contribution < -0.4 is 0 Å². The Bertz CT molecular complexity index is 390. The average molecular weight is 264 g/mol. The molecule has 0 heterocycles. The monoisotopic (exact) mass is 264 g/mol. The van der Waals surface area contributed by atoms with Gasteiger partial charge in [-0.05, 0) is 36.8 Å². The van der Waals surface area contributed by atoms with Gasteiger partial charge in [-0.3, -0.25) is 0 Å². The van der Waals surface area contributed by atoms with E-state index in [0.29, 0.717) is 19.3 Å². The molecule has 0 radical (unpaired) electrons. The lowest BCUT2D eigenvalue weighted by molar-refractivity contribution is 0.0188. The first-order valence-corrected chi connectivity index (χ1v) is 7.47. The Hall–Kier alpha value is -0.860. The van der Waals surface area contributed by atoms with Gasteiger partial charge in [-0.2, -0.15) is 0 Å². The van der Waals surface area contributed by atoms with Crippen LogP contribution in [0.3, 0.4) is 0 Å². The first-order valence-electron chi connectivity index (χ1n) is 7.47. The average Bonchev–Trinajstić information content (AvgIpc) is 2.46. The number of rotatable bonds is 7. The predicted molar refractivity (Wildman–Crippen MR) is 80.2 cm³/mol. The molecular formula is C17H28O2. The minimum Gasteiger partial charge on any atom is -0.390 e. The Balaban J connectivity index is 3.16. The van der Waals surface area contributed by atoms with Gasteiger partial charge in [0.25, 0.3) is 0 Å². The van der Waals surface area contributed by atoms with Gasteiger partial charge in [-0.1, -0.05) is 52.0 Å². The highest BCUT2D eigenvalue weighted by Crippen LogP contribution is 2.33. The van der Waals surface area contributed by atoms with Crippen molar-refractivity contribution >= 4 is 0 Å². The van der Waals surface area contributed by atoms with E-state index >= 15 is 0 Å². The van der Waals surface area contributed by atoms with Crippen LogP contribution >= 0.6 is 0 Å². The molecule has 2 N–H and O–H groups in total. The lowest BCUT2D eigenvalue weighted by Crippen LogP contribution is -2.32. The second-order valence-electron chi connectivity index (χ2n) is 5.50. The van der Waals surface area contributed by atoms with Crippen LogP contribution in [-0.2, 0) is 12.0 Å². The molecular weight excluding hydrogens is 236 g/mol. The summed E-state index contributed by atoms with van der Waals surface area (Å²) in [6.45, 7) is 8.04. The fraction of sp³-hybridized carbons (Fsp3) is 0.647. The second-order valence-corrected chi connectivity index (χ2v) is 5.50. The summed E-state index contributed by atoms with van der Waals surface area (Å²) >= 11 is 0. The predicted octanol–water partition coefficient (Wildman–Crippen LogP) is 3.79. The fourth-order valence-corrected chi connectivity index (χ4v) is 2.61. The molecule has 0 bridgehead atoms. The Morgan fingerprint density at radius 3 is 1.84 bits per heavy atom. The molecule has 0 saturated carbocycles. The van der Waals surface area contributed by atoms with Gasteiger partial charge in [0.15, 0.2) is 0 Å². The summed E-state index contributed by atoms with van der Waals surface area (Å²) in [6.07, 6.45) is 3.45. The van der Waals surface area contributed by atoms with Gasteiger partial charge in [-0.25, -0.2) is 0 Å². The van der Waals surface area contributed by atoms with E-state index in [1.54, 1.807) is 0 Å². The van der Waals surface area contributed by atoms with Crippen molar-refractivity contribution in [3.63, 3.8) is 0 Å². The van der Waals surface area contributed by atoms with Crippen molar-refractivity contribution in [1.82, 2.24) is 0 Å². The van der Waals surface area contributed by atoms with E-state index in [4.69, 9.17) is 0 Å². The van der Waals surface area contributed by atoms with E-state index in [0.717, 1.165) is 24.0 Å². The van der Waals surface area contributed by atoms with Gasteiger partial charge in [0.2, 0.25) is 0 Å². The molecule has 1 aromatic carbocycles. The SMILES string of the molecule is CCC(O)(CC)Cc1ccccc1C(O)(CC)CC. The van der Waals surface area contributed by atoms with Crippen molar-refractivity contribution in [3.05, 3.63) is 35.4 Å². The summed E-state index contributed by atoms with van der Waals surface area (Å²) < 4.78 is 0. The van der Waals surface area contributed by atoms with Crippen LogP contribution in [-0.4, -0.2) is 15.8 Å². The highest BCUT2D eigenvalue weighted by molar-refractivity contribution is 5.33. The fourth-order valence-electron chi connectivity index (χ4n) is 2.61. The molecule has 1 rings (SSSR count). The van der Waals surface area contributed by atoms with Crippen molar-refractivity contribution in [2.45, 2.75) is 71.0 Å². The summed E-state index contributed by atoms with van der Waals surface area (Å²) in [5, 5.41) is 21.3. The topological polar surface area (TPSA) is 40.5 Å². The van der Waals surface area contributed by atoms with E-state index in [-0.39, 0.29) is 0 Å². The number of hydrogen-bond donors (Lipinski definition) is 2. The third kappa shape index (κ3) is 3.58. The van der Waals surface area contributed by atoms with Crippen molar-refractivity contribution in [1.29, 1.82) is 0 Å². The van der Waals surface area contributed by atoms with Crippen LogP contribution in [0.25, 0.3) is 0 Å². The first kappa shape index (κ1) is 16.2. The van der Waals surface area contributed by atoms with Gasteiger partial charge in [0.05, 0.1) is 11.2 Å². The van der Waals surface area contributed by atoms with Crippen LogP contribution in [0.15, 0.2) is 24.3 Å². The molecule has 0 atom stereocenters. The quantitative estimate of drug-likeness (QED) is 0.786. The van der Waals surface area contributed by atoms with Crippen molar-refractivity contribution in [2.24, 2.45) is 0 Å². The van der Waals surface area contributed by atoms with E-state index in [2.05, 4.69) is 0 Å². The molecule has 0 saturated heterocycles. The second kappa shape index (κ2) is 6.53. The van der Waals surface area contributed by atoms with Gasteiger partial charge in [-0.15, -0.1) is 0 Å². The maximum Gasteiger partial charge on any atom is 0.0894 e. The Kier molecular flexibility index (Phi) is 5.57. The molecule has 0 aliphatic carbocycles. The molecule has 0 aliphatic rings.